The average molecular weight is 626 g/mol. The SMILES string of the molecule is O=C1c2c(-c3ccc(-c4cccs4)s3)sc(-c3ccc(-c4cccs4)s3)c2C(=O)N1c1ccc(C(F)(F)F)cc1. The number of benzene rings is 1. The molecule has 0 radical (unpaired) electrons. The minimum absolute atomic E-state index is 0.108. The zero-order chi connectivity index (χ0) is 27.6. The third-order valence-electron chi connectivity index (χ3n) is 6.38. The van der Waals surface area contributed by atoms with Crippen molar-refractivity contribution in [2.24, 2.45) is 0 Å². The number of imide groups is 1. The predicted octanol–water partition coefficient (Wildman–Crippen LogP) is 10.5. The Bertz CT molecular complexity index is 1770. The summed E-state index contributed by atoms with van der Waals surface area (Å²) in [6.07, 6.45) is -4.52. The van der Waals surface area contributed by atoms with E-state index in [0.29, 0.717) is 20.9 Å². The molecule has 0 fully saturated rings. The van der Waals surface area contributed by atoms with Crippen molar-refractivity contribution in [1.82, 2.24) is 0 Å². The van der Waals surface area contributed by atoms with Crippen molar-refractivity contribution in [2.75, 3.05) is 4.90 Å². The van der Waals surface area contributed by atoms with Gasteiger partial charge in [0.25, 0.3) is 11.8 Å². The number of alkyl halides is 3. The van der Waals surface area contributed by atoms with Crippen LogP contribution in [-0.4, -0.2) is 11.8 Å². The van der Waals surface area contributed by atoms with Crippen LogP contribution in [0.2, 0.25) is 0 Å². The van der Waals surface area contributed by atoms with E-state index in [9.17, 15) is 22.8 Å². The van der Waals surface area contributed by atoms with E-state index < -0.39 is 23.6 Å². The van der Waals surface area contributed by atoms with E-state index in [0.717, 1.165) is 46.3 Å². The molecule has 0 unspecified atom stereocenters. The summed E-state index contributed by atoms with van der Waals surface area (Å²) in [5.74, 6) is -1.06. The van der Waals surface area contributed by atoms with E-state index in [1.165, 1.54) is 23.5 Å². The maximum Gasteiger partial charge on any atom is 0.416 e. The number of fused-ring (bicyclic) bond motifs is 1. The van der Waals surface area contributed by atoms with Crippen LogP contribution in [0, 0.1) is 0 Å². The number of nitrogens with zero attached hydrogens (tertiary/aromatic N) is 1. The standard InChI is InChI=1S/C29H14F3NO2S5/c30-29(31,32)15-5-7-16(8-6-15)33-27(34)23-24(28(33)35)26(22-12-10-20(39-22)18-4-2-14-37-18)40-25(23)21-11-9-19(38-21)17-3-1-13-36-17/h1-14H. The van der Waals surface area contributed by atoms with E-state index in [-0.39, 0.29) is 5.69 Å². The molecular formula is C29H14F3NO2S5. The van der Waals surface area contributed by atoms with Gasteiger partial charge in [0.1, 0.15) is 0 Å². The van der Waals surface area contributed by atoms with E-state index in [1.54, 1.807) is 45.3 Å². The molecule has 7 rings (SSSR count). The molecule has 5 aromatic heterocycles. The number of hydrogen-bond donors (Lipinski definition) is 0. The van der Waals surface area contributed by atoms with E-state index in [1.807, 2.05) is 59.3 Å². The molecule has 0 bridgehead atoms. The van der Waals surface area contributed by atoms with Gasteiger partial charge < -0.3 is 0 Å². The molecule has 198 valence electrons. The van der Waals surface area contributed by atoms with Crippen LogP contribution < -0.4 is 4.90 Å². The van der Waals surface area contributed by atoms with E-state index in [2.05, 4.69) is 0 Å². The number of hydrogen-bond acceptors (Lipinski definition) is 7. The Balaban J connectivity index is 1.36. The number of carbonyl (C=O) groups is 2. The van der Waals surface area contributed by atoms with Crippen molar-refractivity contribution >= 4 is 74.2 Å². The van der Waals surface area contributed by atoms with Gasteiger partial charge in [-0.15, -0.1) is 56.7 Å². The summed E-state index contributed by atoms with van der Waals surface area (Å²) in [5.41, 5.74) is -0.131. The molecule has 0 saturated heterocycles. The molecule has 40 heavy (non-hydrogen) atoms. The van der Waals surface area contributed by atoms with Crippen LogP contribution in [-0.2, 0) is 6.18 Å². The lowest BCUT2D eigenvalue weighted by Crippen LogP contribution is -2.29. The van der Waals surface area contributed by atoms with Crippen LogP contribution in [0.3, 0.4) is 0 Å². The second-order valence-electron chi connectivity index (χ2n) is 8.78. The van der Waals surface area contributed by atoms with Gasteiger partial charge in [0.05, 0.1) is 32.1 Å². The zero-order valence-corrected chi connectivity index (χ0v) is 24.1. The molecule has 0 saturated carbocycles. The maximum atomic E-state index is 13.9. The molecule has 1 aliphatic rings. The van der Waals surface area contributed by atoms with Gasteiger partial charge in [-0.25, -0.2) is 4.90 Å². The zero-order valence-electron chi connectivity index (χ0n) is 20.0. The van der Waals surface area contributed by atoms with Gasteiger partial charge in [0.15, 0.2) is 0 Å². The highest BCUT2D eigenvalue weighted by atomic mass is 32.1. The summed E-state index contributed by atoms with van der Waals surface area (Å²) < 4.78 is 39.5. The Morgan fingerprint density at radius 3 is 1.45 bits per heavy atom. The van der Waals surface area contributed by atoms with Crippen LogP contribution in [0.25, 0.3) is 39.0 Å². The third-order valence-corrected chi connectivity index (χ3v) is 12.2. The number of carbonyl (C=O) groups excluding carboxylic acids is 2. The minimum atomic E-state index is -4.52. The fraction of sp³-hybridized carbons (Fsp3) is 0.0345. The van der Waals surface area contributed by atoms with Gasteiger partial charge in [-0.05, 0) is 71.4 Å². The van der Waals surface area contributed by atoms with Crippen molar-refractivity contribution in [2.45, 2.75) is 6.18 Å². The molecule has 1 aromatic carbocycles. The molecule has 1 aliphatic heterocycles. The second-order valence-corrected chi connectivity index (χ2v) is 13.9. The molecule has 0 spiro atoms. The molecule has 6 aromatic rings. The van der Waals surface area contributed by atoms with E-state index in [4.69, 9.17) is 0 Å². The maximum absolute atomic E-state index is 13.9. The Kier molecular flexibility index (Phi) is 6.17. The summed E-state index contributed by atoms with van der Waals surface area (Å²) >= 11 is 7.75. The first-order valence-corrected chi connectivity index (χ1v) is 16.0. The van der Waals surface area contributed by atoms with Crippen LogP contribution in [0.4, 0.5) is 18.9 Å². The Hall–Kier alpha value is -3.35. The molecule has 0 N–H and O–H groups in total. The molecule has 11 heteroatoms. The molecular weight excluding hydrogens is 612 g/mol. The molecule has 2 amide bonds. The highest BCUT2D eigenvalue weighted by Gasteiger charge is 2.44. The van der Waals surface area contributed by atoms with Gasteiger partial charge in [0.2, 0.25) is 0 Å². The lowest BCUT2D eigenvalue weighted by atomic mass is 10.1. The monoisotopic (exact) mass is 625 g/mol. The Labute approximate surface area is 246 Å². The summed E-state index contributed by atoms with van der Waals surface area (Å²) in [6, 6.07) is 20.1. The summed E-state index contributed by atoms with van der Waals surface area (Å²) in [6.45, 7) is 0. The van der Waals surface area contributed by atoms with Crippen molar-refractivity contribution in [3.63, 3.8) is 0 Å². The molecule has 3 nitrogen and oxygen atoms in total. The molecule has 0 atom stereocenters. The van der Waals surface area contributed by atoms with Gasteiger partial charge in [0, 0.05) is 29.3 Å². The fourth-order valence-electron chi connectivity index (χ4n) is 4.56. The highest BCUT2D eigenvalue weighted by Crippen LogP contribution is 2.51. The first-order chi connectivity index (χ1) is 19.3. The summed E-state index contributed by atoms with van der Waals surface area (Å²) in [7, 11) is 0. The quantitative estimate of drug-likeness (QED) is 0.179. The third kappa shape index (κ3) is 4.20. The Morgan fingerprint density at radius 1 is 0.550 bits per heavy atom. The lowest BCUT2D eigenvalue weighted by molar-refractivity contribution is -0.137. The van der Waals surface area contributed by atoms with Crippen molar-refractivity contribution < 1.29 is 22.8 Å². The first-order valence-electron chi connectivity index (χ1n) is 11.8. The van der Waals surface area contributed by atoms with Gasteiger partial charge in [-0.1, -0.05) is 12.1 Å². The minimum Gasteiger partial charge on any atom is -0.268 e. The lowest BCUT2D eigenvalue weighted by Gasteiger charge is -2.16. The van der Waals surface area contributed by atoms with Gasteiger partial charge in [-0.2, -0.15) is 13.2 Å². The number of anilines is 1. The number of amides is 2. The smallest absolute Gasteiger partial charge is 0.268 e. The van der Waals surface area contributed by atoms with Crippen molar-refractivity contribution in [3.05, 3.63) is 100 Å². The largest absolute Gasteiger partial charge is 0.416 e. The first kappa shape index (κ1) is 25.6. The van der Waals surface area contributed by atoms with Crippen molar-refractivity contribution in [1.29, 1.82) is 0 Å². The van der Waals surface area contributed by atoms with Crippen LogP contribution in [0.5, 0.6) is 0 Å². The fourth-order valence-corrected chi connectivity index (χ4v) is 9.76. The number of rotatable bonds is 5. The van der Waals surface area contributed by atoms with Gasteiger partial charge >= 0.3 is 6.18 Å². The Morgan fingerprint density at radius 2 is 1.02 bits per heavy atom. The summed E-state index contributed by atoms with van der Waals surface area (Å²) in [4.78, 5) is 36.1. The topological polar surface area (TPSA) is 37.4 Å². The normalized spacial score (nSPS) is 13.4. The van der Waals surface area contributed by atoms with Crippen LogP contribution >= 0.6 is 56.7 Å². The summed E-state index contributed by atoms with van der Waals surface area (Å²) in [5, 5.41) is 4.00. The average Bonchev–Trinajstić information content (AvgIpc) is 3.76. The number of halogens is 3. The van der Waals surface area contributed by atoms with Crippen LogP contribution in [0.1, 0.15) is 26.3 Å². The predicted molar refractivity (Wildman–Crippen MR) is 160 cm³/mol. The van der Waals surface area contributed by atoms with Crippen molar-refractivity contribution in [3.8, 4) is 39.0 Å². The molecule has 6 heterocycles. The molecule has 0 aliphatic carbocycles. The van der Waals surface area contributed by atoms with Gasteiger partial charge in [-0.3, -0.25) is 9.59 Å². The highest BCUT2D eigenvalue weighted by molar-refractivity contribution is 7.30. The van der Waals surface area contributed by atoms with Crippen LogP contribution in [0.15, 0.2) is 83.6 Å². The number of thiophene rings is 5. The second kappa shape index (κ2) is 9.64. The van der Waals surface area contributed by atoms with E-state index >= 15 is 0 Å².